The zero-order valence-electron chi connectivity index (χ0n) is 30.3. The number of aryl methyl sites for hydroxylation is 2. The van der Waals surface area contributed by atoms with Crippen molar-refractivity contribution in [2.75, 3.05) is 23.7 Å². The molecule has 0 unspecified atom stereocenters. The maximum Gasteiger partial charge on any atom is 0.413 e. The number of nitrogens with zero attached hydrogens (tertiary/aromatic N) is 4. The summed E-state index contributed by atoms with van der Waals surface area (Å²) >= 11 is 0. The lowest BCUT2D eigenvalue weighted by atomic mass is 10.1. The number of anilines is 2. The number of carbonyl (C=O) groups is 6. The Hall–Kier alpha value is -7.42. The van der Waals surface area contributed by atoms with E-state index in [-0.39, 0.29) is 50.8 Å². The van der Waals surface area contributed by atoms with Crippen molar-refractivity contribution >= 4 is 47.5 Å². The molecule has 0 aliphatic rings. The molecule has 21 heteroatoms. The van der Waals surface area contributed by atoms with Gasteiger partial charge in [0.2, 0.25) is 17.7 Å². The molecule has 300 valence electrons. The molecular formula is C36H40N10O11. The van der Waals surface area contributed by atoms with E-state index >= 15 is 0 Å². The fraction of sp³-hybridized carbons (Fsp3) is 0.278. The number of hydrogen-bond acceptors (Lipinski definition) is 13. The Kier molecular flexibility index (Phi) is 15.9. The fourth-order valence-electron chi connectivity index (χ4n) is 4.84. The monoisotopic (exact) mass is 788 g/mol. The molecule has 0 aliphatic heterocycles. The van der Waals surface area contributed by atoms with Crippen LogP contribution in [0.4, 0.5) is 21.2 Å². The number of benzene rings is 2. The Balaban J connectivity index is 1.23. The number of nitrogens with one attached hydrogen (secondary N) is 5. The number of carboxylic acids is 1. The molecule has 2 aromatic heterocycles. The highest BCUT2D eigenvalue weighted by molar-refractivity contribution is 5.92. The van der Waals surface area contributed by atoms with Gasteiger partial charge in [-0.05, 0) is 36.1 Å². The molecule has 0 fully saturated rings. The minimum atomic E-state index is -1.34. The van der Waals surface area contributed by atoms with E-state index in [9.17, 15) is 38.4 Å². The number of hydrogen-bond donors (Lipinski definition) is 7. The molecule has 21 nitrogen and oxygen atoms in total. The normalized spacial score (nSPS) is 11.6. The summed E-state index contributed by atoms with van der Waals surface area (Å²) in [7, 11) is 0. The van der Waals surface area contributed by atoms with Gasteiger partial charge in [0.05, 0.1) is 12.6 Å². The van der Waals surface area contributed by atoms with Crippen LogP contribution in [0.5, 0.6) is 0 Å². The number of nitrogens with two attached hydrogens (primary N) is 1. The molecule has 8 N–H and O–H groups in total. The molecule has 2 heterocycles. The lowest BCUT2D eigenvalue weighted by Gasteiger charge is -2.19. The van der Waals surface area contributed by atoms with Gasteiger partial charge in [0, 0.05) is 25.5 Å². The summed E-state index contributed by atoms with van der Waals surface area (Å²) < 4.78 is 12.5. The summed E-state index contributed by atoms with van der Waals surface area (Å²) in [5, 5.41) is 20.5. The van der Waals surface area contributed by atoms with Crippen LogP contribution in [-0.4, -0.2) is 85.3 Å². The number of aromatic nitrogens is 4. The van der Waals surface area contributed by atoms with Crippen molar-refractivity contribution in [2.45, 2.75) is 51.2 Å². The van der Waals surface area contributed by atoms with Crippen LogP contribution in [-0.2, 0) is 55.0 Å². The first kappa shape index (κ1) is 42.3. The van der Waals surface area contributed by atoms with Crippen LogP contribution >= 0.6 is 0 Å². The van der Waals surface area contributed by atoms with Crippen molar-refractivity contribution < 1.29 is 43.3 Å². The Bertz CT molecular complexity index is 2150. The molecule has 5 amide bonds. The number of amides is 5. The standard InChI is InChI=1S/C36H40N10O11/c37-25(11-15-45-17-13-27(41-33(45)52)43-35(54)56-21-23-7-3-1-4-8-23)31(50)38-19-29(47)40-26(32(51)39-20-30(48)49)12-16-46-18-14-28(42-34(46)53)44-36(55)57-22-24-9-5-2-6-10-24/h1-10,13-14,17-18,25-26H,11-12,15-16,19-22,37H2,(H,38,50)(H,39,51)(H,40,47)(H,48,49)(H,41,43,52,54)(H,42,44,53,55)/t25-,26-/m0/s1. The minimum Gasteiger partial charge on any atom is -0.480 e. The van der Waals surface area contributed by atoms with Gasteiger partial charge in [-0.1, -0.05) is 60.7 Å². The topological polar surface area (TPSA) is 297 Å². The summed E-state index contributed by atoms with van der Waals surface area (Å²) in [6.45, 7) is -1.58. The Morgan fingerprint density at radius 2 is 1.14 bits per heavy atom. The highest BCUT2D eigenvalue weighted by atomic mass is 16.6. The number of carboxylic acid groups (broad SMARTS) is 1. The fourth-order valence-corrected chi connectivity index (χ4v) is 4.84. The van der Waals surface area contributed by atoms with Crippen molar-refractivity contribution in [2.24, 2.45) is 5.73 Å². The second-order valence-corrected chi connectivity index (χ2v) is 12.1. The highest BCUT2D eigenvalue weighted by Crippen LogP contribution is 2.06. The molecule has 2 atom stereocenters. The minimum absolute atomic E-state index is 0.00963. The van der Waals surface area contributed by atoms with Gasteiger partial charge in [0.15, 0.2) is 0 Å². The van der Waals surface area contributed by atoms with Gasteiger partial charge in [-0.15, -0.1) is 0 Å². The molecule has 0 aliphatic carbocycles. The van der Waals surface area contributed by atoms with Gasteiger partial charge in [0.1, 0.15) is 37.4 Å². The molecule has 4 rings (SSSR count). The molecule has 0 radical (unpaired) electrons. The maximum atomic E-state index is 12.8. The maximum absolute atomic E-state index is 12.8. The van der Waals surface area contributed by atoms with Crippen LogP contribution < -0.4 is 43.7 Å². The molecule has 0 saturated carbocycles. The first-order chi connectivity index (χ1) is 27.4. The van der Waals surface area contributed by atoms with Crippen molar-refractivity contribution in [1.82, 2.24) is 35.1 Å². The first-order valence-electron chi connectivity index (χ1n) is 17.3. The van der Waals surface area contributed by atoms with Gasteiger partial charge in [-0.3, -0.25) is 38.9 Å². The van der Waals surface area contributed by atoms with E-state index in [0.29, 0.717) is 0 Å². The van der Waals surface area contributed by atoms with Crippen LogP contribution in [0.3, 0.4) is 0 Å². The summed E-state index contributed by atoms with van der Waals surface area (Å²) in [5.74, 6) is -3.96. The average molecular weight is 789 g/mol. The van der Waals surface area contributed by atoms with E-state index in [1.807, 2.05) is 12.1 Å². The van der Waals surface area contributed by atoms with E-state index in [1.165, 1.54) is 24.5 Å². The van der Waals surface area contributed by atoms with E-state index in [0.717, 1.165) is 20.3 Å². The second-order valence-electron chi connectivity index (χ2n) is 12.1. The summed E-state index contributed by atoms with van der Waals surface area (Å²) in [5.41, 5.74) is 5.93. The first-order valence-corrected chi connectivity index (χ1v) is 17.3. The third-order valence-electron chi connectivity index (χ3n) is 7.80. The number of ether oxygens (including phenoxy) is 2. The Morgan fingerprint density at radius 1 is 0.667 bits per heavy atom. The smallest absolute Gasteiger partial charge is 0.413 e. The third kappa shape index (κ3) is 14.7. The molecule has 4 aromatic rings. The molecule has 0 spiro atoms. The molecular weight excluding hydrogens is 748 g/mol. The van der Waals surface area contributed by atoms with Gasteiger partial charge < -0.3 is 36.3 Å². The van der Waals surface area contributed by atoms with Crippen LogP contribution in [0, 0.1) is 0 Å². The molecule has 0 saturated heterocycles. The van der Waals surface area contributed by atoms with Crippen molar-refractivity contribution in [3.05, 3.63) is 117 Å². The van der Waals surface area contributed by atoms with Crippen molar-refractivity contribution in [3.8, 4) is 0 Å². The van der Waals surface area contributed by atoms with Crippen molar-refractivity contribution in [3.63, 3.8) is 0 Å². The Labute approximate surface area is 323 Å². The number of carbonyl (C=O) groups excluding carboxylic acids is 5. The molecule has 0 bridgehead atoms. The van der Waals surface area contributed by atoms with Crippen LogP contribution in [0.25, 0.3) is 0 Å². The van der Waals surface area contributed by atoms with Crippen LogP contribution in [0.15, 0.2) is 94.8 Å². The molecule has 57 heavy (non-hydrogen) atoms. The third-order valence-corrected chi connectivity index (χ3v) is 7.80. The van der Waals surface area contributed by atoms with Gasteiger partial charge in [-0.2, -0.15) is 9.97 Å². The van der Waals surface area contributed by atoms with Gasteiger partial charge in [-0.25, -0.2) is 19.2 Å². The average Bonchev–Trinajstić information content (AvgIpc) is 3.19. The van der Waals surface area contributed by atoms with E-state index in [1.54, 1.807) is 48.5 Å². The zero-order valence-corrected chi connectivity index (χ0v) is 30.3. The second kappa shape index (κ2) is 21.5. The zero-order chi connectivity index (χ0) is 41.2. The van der Waals surface area contributed by atoms with E-state index < -0.39 is 72.4 Å². The van der Waals surface area contributed by atoms with Gasteiger partial charge in [0.25, 0.3) is 0 Å². The summed E-state index contributed by atoms with van der Waals surface area (Å²) in [6.07, 6.45) is 0.719. The predicted octanol–water partition coefficient (Wildman–Crippen LogP) is -0.0931. The van der Waals surface area contributed by atoms with Crippen LogP contribution in [0.1, 0.15) is 24.0 Å². The predicted molar refractivity (Wildman–Crippen MR) is 200 cm³/mol. The Morgan fingerprint density at radius 3 is 1.61 bits per heavy atom. The van der Waals surface area contributed by atoms with Gasteiger partial charge >= 0.3 is 29.5 Å². The largest absolute Gasteiger partial charge is 0.480 e. The molecule has 2 aromatic carbocycles. The number of rotatable bonds is 19. The number of aliphatic carboxylic acids is 1. The van der Waals surface area contributed by atoms with E-state index in [2.05, 4.69) is 36.6 Å². The highest BCUT2D eigenvalue weighted by Gasteiger charge is 2.23. The quantitative estimate of drug-likeness (QED) is 0.0654. The van der Waals surface area contributed by atoms with Crippen LogP contribution in [0.2, 0.25) is 0 Å². The SMILES string of the molecule is N[C@@H](CCn1ccc(NC(=O)OCc2ccccc2)nc1=O)C(=O)NCC(=O)N[C@@H](CCn1ccc(NC(=O)OCc2ccccc2)nc1=O)C(=O)NCC(=O)O. The van der Waals surface area contributed by atoms with E-state index in [4.69, 9.17) is 20.3 Å². The lowest BCUT2D eigenvalue weighted by molar-refractivity contribution is -0.138. The lowest BCUT2D eigenvalue weighted by Crippen LogP contribution is -2.52. The summed E-state index contributed by atoms with van der Waals surface area (Å²) in [6, 6.07) is 18.0. The van der Waals surface area contributed by atoms with Crippen molar-refractivity contribution in [1.29, 1.82) is 0 Å². The summed E-state index contributed by atoms with van der Waals surface area (Å²) in [4.78, 5) is 106.